The van der Waals surface area contributed by atoms with Crippen molar-refractivity contribution in [3.8, 4) is 11.1 Å². The molecule has 0 aliphatic rings. The van der Waals surface area contributed by atoms with E-state index in [1.54, 1.807) is 0 Å². The van der Waals surface area contributed by atoms with Gasteiger partial charge in [0.1, 0.15) is 0 Å². The lowest BCUT2D eigenvalue weighted by molar-refractivity contribution is 0.922. The molecule has 0 N–H and O–H groups in total. The van der Waals surface area contributed by atoms with Gasteiger partial charge >= 0.3 is 0 Å². The van der Waals surface area contributed by atoms with Gasteiger partial charge in [-0.25, -0.2) is 0 Å². The van der Waals surface area contributed by atoms with Crippen molar-refractivity contribution in [1.29, 1.82) is 0 Å². The Morgan fingerprint density at radius 2 is 1.59 bits per heavy atom. The van der Waals surface area contributed by atoms with Crippen molar-refractivity contribution in [2.24, 2.45) is 0 Å². The normalized spacial score (nSPS) is 10.5. The maximum Gasteiger partial charge on any atom is 0.0444 e. The SMILES string of the molecule is CCCc1ccc(-c2ccc(C)cc2)cc1Cl. The van der Waals surface area contributed by atoms with Gasteiger partial charge in [0.05, 0.1) is 0 Å². The third kappa shape index (κ3) is 2.89. The molecular weight excluding hydrogens is 228 g/mol. The smallest absolute Gasteiger partial charge is 0.0444 e. The first-order chi connectivity index (χ1) is 8.20. The van der Waals surface area contributed by atoms with Crippen molar-refractivity contribution in [2.45, 2.75) is 26.7 Å². The van der Waals surface area contributed by atoms with Crippen LogP contribution in [0, 0.1) is 6.92 Å². The lowest BCUT2D eigenvalue weighted by Gasteiger charge is -2.07. The van der Waals surface area contributed by atoms with E-state index < -0.39 is 0 Å². The zero-order chi connectivity index (χ0) is 12.3. The molecule has 0 amide bonds. The van der Waals surface area contributed by atoms with Crippen LogP contribution in [0.1, 0.15) is 24.5 Å². The van der Waals surface area contributed by atoms with Crippen molar-refractivity contribution in [3.05, 3.63) is 58.6 Å². The number of halogens is 1. The van der Waals surface area contributed by atoms with Crippen molar-refractivity contribution < 1.29 is 0 Å². The average Bonchev–Trinajstić information content (AvgIpc) is 2.33. The van der Waals surface area contributed by atoms with Crippen LogP contribution in [0.2, 0.25) is 5.02 Å². The van der Waals surface area contributed by atoms with Gasteiger partial charge in [-0.15, -0.1) is 0 Å². The lowest BCUT2D eigenvalue weighted by Crippen LogP contribution is -1.86. The summed E-state index contributed by atoms with van der Waals surface area (Å²) in [4.78, 5) is 0. The Balaban J connectivity index is 2.34. The summed E-state index contributed by atoms with van der Waals surface area (Å²) in [5.74, 6) is 0. The van der Waals surface area contributed by atoms with Gasteiger partial charge in [-0.3, -0.25) is 0 Å². The number of hydrogen-bond donors (Lipinski definition) is 0. The molecular formula is C16H17Cl. The van der Waals surface area contributed by atoms with Gasteiger partial charge in [-0.05, 0) is 36.1 Å². The van der Waals surface area contributed by atoms with Crippen molar-refractivity contribution in [2.75, 3.05) is 0 Å². The highest BCUT2D eigenvalue weighted by Gasteiger charge is 2.03. The zero-order valence-electron chi connectivity index (χ0n) is 10.3. The molecule has 0 saturated heterocycles. The maximum atomic E-state index is 6.29. The summed E-state index contributed by atoms with van der Waals surface area (Å²) in [5.41, 5.74) is 4.93. The van der Waals surface area contributed by atoms with Gasteiger partial charge in [0, 0.05) is 5.02 Å². The summed E-state index contributed by atoms with van der Waals surface area (Å²) < 4.78 is 0. The van der Waals surface area contributed by atoms with E-state index in [4.69, 9.17) is 11.6 Å². The molecule has 2 aromatic rings. The molecule has 0 spiro atoms. The fraction of sp³-hybridized carbons (Fsp3) is 0.250. The van der Waals surface area contributed by atoms with Gasteiger partial charge in [-0.1, -0.05) is 66.9 Å². The molecule has 0 nitrogen and oxygen atoms in total. The quantitative estimate of drug-likeness (QED) is 0.690. The Hall–Kier alpha value is -1.27. The van der Waals surface area contributed by atoms with Gasteiger partial charge in [-0.2, -0.15) is 0 Å². The fourth-order valence-electron chi connectivity index (χ4n) is 1.94. The Morgan fingerprint density at radius 3 is 2.18 bits per heavy atom. The van der Waals surface area contributed by atoms with E-state index in [1.807, 2.05) is 0 Å². The Morgan fingerprint density at radius 1 is 0.941 bits per heavy atom. The van der Waals surface area contributed by atoms with Crippen LogP contribution in [-0.4, -0.2) is 0 Å². The third-order valence-electron chi connectivity index (χ3n) is 2.96. The third-order valence-corrected chi connectivity index (χ3v) is 3.31. The van der Waals surface area contributed by atoms with Crippen LogP contribution in [0.3, 0.4) is 0 Å². The summed E-state index contributed by atoms with van der Waals surface area (Å²) in [5, 5.41) is 0.880. The molecule has 88 valence electrons. The molecule has 0 atom stereocenters. The molecule has 0 saturated carbocycles. The molecule has 0 radical (unpaired) electrons. The summed E-state index contributed by atoms with van der Waals surface area (Å²) in [6, 6.07) is 14.9. The number of rotatable bonds is 3. The van der Waals surface area contributed by atoms with Crippen molar-refractivity contribution >= 4 is 11.6 Å². The fourth-order valence-corrected chi connectivity index (χ4v) is 2.22. The molecule has 0 aromatic heterocycles. The van der Waals surface area contributed by atoms with E-state index in [2.05, 4.69) is 56.3 Å². The molecule has 1 heteroatoms. The standard InChI is InChI=1S/C16H17Cl/c1-3-4-14-9-10-15(11-16(14)17)13-7-5-12(2)6-8-13/h5-11H,3-4H2,1-2H3. The minimum Gasteiger partial charge on any atom is -0.0840 e. The second-order valence-corrected chi connectivity index (χ2v) is 4.83. The summed E-state index contributed by atoms with van der Waals surface area (Å²) in [6.45, 7) is 4.27. The van der Waals surface area contributed by atoms with Crippen molar-refractivity contribution in [1.82, 2.24) is 0 Å². The van der Waals surface area contributed by atoms with Crippen molar-refractivity contribution in [3.63, 3.8) is 0 Å². The first-order valence-corrected chi connectivity index (χ1v) is 6.44. The van der Waals surface area contributed by atoms with E-state index in [0.29, 0.717) is 0 Å². The van der Waals surface area contributed by atoms with Crippen LogP contribution in [0.15, 0.2) is 42.5 Å². The van der Waals surface area contributed by atoms with Gasteiger partial charge in [0.25, 0.3) is 0 Å². The van der Waals surface area contributed by atoms with Crippen LogP contribution in [0.4, 0.5) is 0 Å². The van der Waals surface area contributed by atoms with E-state index in [9.17, 15) is 0 Å². The summed E-state index contributed by atoms with van der Waals surface area (Å²) in [6.07, 6.45) is 2.18. The van der Waals surface area contributed by atoms with E-state index in [0.717, 1.165) is 17.9 Å². The molecule has 2 aromatic carbocycles. The zero-order valence-corrected chi connectivity index (χ0v) is 11.1. The maximum absolute atomic E-state index is 6.29. The molecule has 0 unspecified atom stereocenters. The Kier molecular flexibility index (Phi) is 3.86. The topological polar surface area (TPSA) is 0 Å². The molecule has 0 heterocycles. The molecule has 17 heavy (non-hydrogen) atoms. The highest BCUT2D eigenvalue weighted by atomic mass is 35.5. The van der Waals surface area contributed by atoms with Crippen LogP contribution in [0.5, 0.6) is 0 Å². The van der Waals surface area contributed by atoms with Crippen LogP contribution in [0.25, 0.3) is 11.1 Å². The second kappa shape index (κ2) is 5.37. The van der Waals surface area contributed by atoms with Gasteiger partial charge in [0.2, 0.25) is 0 Å². The summed E-state index contributed by atoms with van der Waals surface area (Å²) in [7, 11) is 0. The largest absolute Gasteiger partial charge is 0.0840 e. The highest BCUT2D eigenvalue weighted by molar-refractivity contribution is 6.31. The lowest BCUT2D eigenvalue weighted by atomic mass is 10.0. The predicted octanol–water partition coefficient (Wildman–Crippen LogP) is 5.27. The van der Waals surface area contributed by atoms with E-state index in [-0.39, 0.29) is 0 Å². The minimum atomic E-state index is 0.880. The first-order valence-electron chi connectivity index (χ1n) is 6.06. The second-order valence-electron chi connectivity index (χ2n) is 4.42. The Labute approximate surface area is 108 Å². The predicted molar refractivity (Wildman–Crippen MR) is 75.6 cm³/mol. The summed E-state index contributed by atoms with van der Waals surface area (Å²) >= 11 is 6.29. The Bertz CT molecular complexity index is 497. The molecule has 0 aliphatic heterocycles. The molecule has 2 rings (SSSR count). The number of aryl methyl sites for hydroxylation is 2. The highest BCUT2D eigenvalue weighted by Crippen LogP contribution is 2.26. The van der Waals surface area contributed by atoms with Gasteiger partial charge in [0.15, 0.2) is 0 Å². The average molecular weight is 245 g/mol. The van der Waals surface area contributed by atoms with Gasteiger partial charge < -0.3 is 0 Å². The monoisotopic (exact) mass is 244 g/mol. The van der Waals surface area contributed by atoms with Crippen LogP contribution >= 0.6 is 11.6 Å². The number of hydrogen-bond acceptors (Lipinski definition) is 0. The van der Waals surface area contributed by atoms with Crippen LogP contribution in [-0.2, 0) is 6.42 Å². The van der Waals surface area contributed by atoms with E-state index >= 15 is 0 Å². The van der Waals surface area contributed by atoms with Crippen LogP contribution < -0.4 is 0 Å². The molecule has 0 aliphatic carbocycles. The molecule has 0 bridgehead atoms. The van der Waals surface area contributed by atoms with E-state index in [1.165, 1.54) is 22.3 Å². The first kappa shape index (κ1) is 12.2. The number of benzene rings is 2. The minimum absolute atomic E-state index is 0.880. The molecule has 0 fully saturated rings.